The number of esters is 1. The highest BCUT2D eigenvalue weighted by molar-refractivity contribution is 6.30. The highest BCUT2D eigenvalue weighted by Gasteiger charge is 2.32. The Balaban J connectivity index is 2.07. The largest absolute Gasteiger partial charge is 0.461 e. The Morgan fingerprint density at radius 2 is 2.06 bits per heavy atom. The van der Waals surface area contributed by atoms with E-state index in [-0.39, 0.29) is 18.0 Å². The number of halogens is 1. The third-order valence-corrected chi connectivity index (χ3v) is 3.64. The van der Waals surface area contributed by atoms with Gasteiger partial charge in [0.1, 0.15) is 12.1 Å². The van der Waals surface area contributed by atoms with Gasteiger partial charge in [-0.1, -0.05) is 23.7 Å². The lowest BCUT2D eigenvalue weighted by Gasteiger charge is -2.21. The van der Waals surface area contributed by atoms with E-state index in [4.69, 9.17) is 22.1 Å². The summed E-state index contributed by atoms with van der Waals surface area (Å²) in [6.07, 6.45) is 2.97. The maximum atomic E-state index is 11.6. The molecule has 0 heterocycles. The number of ether oxygens (including phenoxy) is 1. The maximum Gasteiger partial charge on any atom is 0.322 e. The third-order valence-electron chi connectivity index (χ3n) is 3.39. The van der Waals surface area contributed by atoms with E-state index in [1.165, 1.54) is 5.56 Å². The van der Waals surface area contributed by atoms with E-state index in [0.717, 1.165) is 24.3 Å². The van der Waals surface area contributed by atoms with Crippen molar-refractivity contribution in [3.63, 3.8) is 0 Å². The summed E-state index contributed by atoms with van der Waals surface area (Å²) in [4.78, 5) is 11.6. The Bertz CT molecular complexity index is 416. The number of rotatable bonds is 3. The first-order valence-electron chi connectivity index (χ1n) is 6.29. The van der Waals surface area contributed by atoms with Gasteiger partial charge in [0.05, 0.1) is 0 Å². The summed E-state index contributed by atoms with van der Waals surface area (Å²) in [7, 11) is 0. The molecule has 18 heavy (non-hydrogen) atoms. The van der Waals surface area contributed by atoms with Crippen LogP contribution in [0.3, 0.4) is 0 Å². The van der Waals surface area contributed by atoms with E-state index in [0.29, 0.717) is 0 Å². The summed E-state index contributed by atoms with van der Waals surface area (Å²) in [5.41, 5.74) is 6.71. The fraction of sp³-hybridized carbons (Fsp3) is 0.500. The maximum absolute atomic E-state index is 11.6. The molecule has 1 aliphatic carbocycles. The Morgan fingerprint density at radius 1 is 1.39 bits per heavy atom. The van der Waals surface area contributed by atoms with Crippen molar-refractivity contribution in [1.82, 2.24) is 0 Å². The van der Waals surface area contributed by atoms with Crippen molar-refractivity contribution in [2.75, 3.05) is 0 Å². The van der Waals surface area contributed by atoms with Crippen LogP contribution in [0.25, 0.3) is 0 Å². The molecule has 1 saturated carbocycles. The molecule has 1 aromatic carbocycles. The standard InChI is InChI=1S/C14H18ClNO2/c1-9(16)14(17)18-13-4-2-3-12(13)10-5-7-11(15)8-6-10/h5-9,12-13H,2-4,16H2,1H3/t9-,12+,13+/m0/s1. The Kier molecular flexibility index (Phi) is 4.25. The predicted octanol–water partition coefficient (Wildman–Crippen LogP) is 2.87. The minimum absolute atomic E-state index is 0.0512. The van der Waals surface area contributed by atoms with Crippen molar-refractivity contribution in [2.45, 2.75) is 44.2 Å². The number of nitrogens with two attached hydrogens (primary N) is 1. The zero-order valence-electron chi connectivity index (χ0n) is 10.4. The number of carbonyl (C=O) groups excluding carboxylic acids is 1. The summed E-state index contributed by atoms with van der Waals surface area (Å²) in [6.45, 7) is 1.65. The molecule has 4 heteroatoms. The highest BCUT2D eigenvalue weighted by Crippen LogP contribution is 2.37. The van der Waals surface area contributed by atoms with Gasteiger partial charge < -0.3 is 10.5 Å². The molecule has 1 aliphatic rings. The molecule has 0 unspecified atom stereocenters. The summed E-state index contributed by atoms with van der Waals surface area (Å²) < 4.78 is 5.47. The monoisotopic (exact) mass is 267 g/mol. The number of benzene rings is 1. The van der Waals surface area contributed by atoms with Gasteiger partial charge in [0.25, 0.3) is 0 Å². The Labute approximate surface area is 112 Å². The van der Waals surface area contributed by atoms with Crippen molar-refractivity contribution in [2.24, 2.45) is 5.73 Å². The molecule has 2 rings (SSSR count). The van der Waals surface area contributed by atoms with Gasteiger partial charge in [-0.05, 0) is 43.9 Å². The smallest absolute Gasteiger partial charge is 0.322 e. The van der Waals surface area contributed by atoms with Crippen molar-refractivity contribution < 1.29 is 9.53 Å². The molecule has 0 saturated heterocycles. The van der Waals surface area contributed by atoms with Crippen molar-refractivity contribution in [3.05, 3.63) is 34.9 Å². The zero-order valence-corrected chi connectivity index (χ0v) is 11.2. The van der Waals surface area contributed by atoms with Crippen molar-refractivity contribution in [1.29, 1.82) is 0 Å². The molecule has 0 amide bonds. The second kappa shape index (κ2) is 5.72. The van der Waals surface area contributed by atoms with E-state index in [9.17, 15) is 4.79 Å². The molecule has 1 aromatic rings. The minimum atomic E-state index is -0.559. The van der Waals surface area contributed by atoms with Gasteiger partial charge in [-0.3, -0.25) is 4.79 Å². The quantitative estimate of drug-likeness (QED) is 0.857. The Hall–Kier alpha value is -1.06. The Morgan fingerprint density at radius 3 is 2.67 bits per heavy atom. The normalized spacial score (nSPS) is 24.8. The molecule has 3 nitrogen and oxygen atoms in total. The van der Waals surface area contributed by atoms with Crippen LogP contribution in [0.4, 0.5) is 0 Å². The summed E-state index contributed by atoms with van der Waals surface area (Å²) in [5.74, 6) is -0.0502. The fourth-order valence-corrected chi connectivity index (χ4v) is 2.54. The molecule has 98 valence electrons. The third kappa shape index (κ3) is 3.03. The molecule has 0 radical (unpaired) electrons. The molecule has 0 aromatic heterocycles. The first-order chi connectivity index (χ1) is 8.58. The summed E-state index contributed by atoms with van der Waals surface area (Å²) in [5, 5.41) is 0.723. The van der Waals surface area contributed by atoms with Crippen LogP contribution in [-0.4, -0.2) is 18.1 Å². The molecular weight excluding hydrogens is 250 g/mol. The van der Waals surface area contributed by atoms with Gasteiger partial charge >= 0.3 is 5.97 Å². The number of hydrogen-bond acceptors (Lipinski definition) is 3. The van der Waals surface area contributed by atoms with E-state index >= 15 is 0 Å². The van der Waals surface area contributed by atoms with E-state index in [1.54, 1.807) is 6.92 Å². The zero-order chi connectivity index (χ0) is 13.1. The molecule has 3 atom stereocenters. The second-order valence-corrected chi connectivity index (χ2v) is 5.29. The first kappa shape index (κ1) is 13.4. The van der Waals surface area contributed by atoms with Crippen molar-refractivity contribution >= 4 is 17.6 Å². The van der Waals surface area contributed by atoms with Crippen LogP contribution in [0, 0.1) is 0 Å². The van der Waals surface area contributed by atoms with Gasteiger partial charge in [-0.25, -0.2) is 0 Å². The molecule has 0 bridgehead atoms. The van der Waals surface area contributed by atoms with Gasteiger partial charge in [0.2, 0.25) is 0 Å². The van der Waals surface area contributed by atoms with Gasteiger partial charge in [0.15, 0.2) is 0 Å². The SMILES string of the molecule is C[C@H](N)C(=O)O[C@@H]1CCC[C@@H]1c1ccc(Cl)cc1. The lowest BCUT2D eigenvalue weighted by molar-refractivity contribution is -0.150. The van der Waals surface area contributed by atoms with Gasteiger partial charge in [-0.15, -0.1) is 0 Å². The van der Waals surface area contributed by atoms with Crippen molar-refractivity contribution in [3.8, 4) is 0 Å². The molecule has 2 N–H and O–H groups in total. The highest BCUT2D eigenvalue weighted by atomic mass is 35.5. The van der Waals surface area contributed by atoms with Crippen LogP contribution in [0.2, 0.25) is 5.02 Å². The van der Waals surface area contributed by atoms with E-state index in [2.05, 4.69) is 0 Å². The molecule has 1 fully saturated rings. The minimum Gasteiger partial charge on any atom is -0.461 e. The van der Waals surface area contributed by atoms with Gasteiger partial charge in [0, 0.05) is 10.9 Å². The fourth-order valence-electron chi connectivity index (χ4n) is 2.41. The topological polar surface area (TPSA) is 52.3 Å². The number of carbonyl (C=O) groups is 1. The van der Waals surface area contributed by atoms with Gasteiger partial charge in [-0.2, -0.15) is 0 Å². The lowest BCUT2D eigenvalue weighted by Crippen LogP contribution is -2.33. The molecule has 0 spiro atoms. The van der Waals surface area contributed by atoms with Crippen LogP contribution in [0.5, 0.6) is 0 Å². The van der Waals surface area contributed by atoms with Crippen LogP contribution < -0.4 is 5.73 Å². The van der Waals surface area contributed by atoms with E-state index < -0.39 is 6.04 Å². The average molecular weight is 268 g/mol. The lowest BCUT2D eigenvalue weighted by atomic mass is 9.96. The average Bonchev–Trinajstić information content (AvgIpc) is 2.78. The number of hydrogen-bond donors (Lipinski definition) is 1. The summed E-state index contributed by atoms with van der Waals surface area (Å²) in [6, 6.07) is 7.20. The first-order valence-corrected chi connectivity index (χ1v) is 6.67. The van der Waals surface area contributed by atoms with Crippen LogP contribution >= 0.6 is 11.6 Å². The summed E-state index contributed by atoms with van der Waals surface area (Å²) >= 11 is 5.88. The van der Waals surface area contributed by atoms with Crippen LogP contribution in [0.1, 0.15) is 37.7 Å². The molecule has 0 aliphatic heterocycles. The van der Waals surface area contributed by atoms with Crippen LogP contribution in [0.15, 0.2) is 24.3 Å². The second-order valence-electron chi connectivity index (χ2n) is 4.85. The molecular formula is C14H18ClNO2. The van der Waals surface area contributed by atoms with E-state index in [1.807, 2.05) is 24.3 Å². The predicted molar refractivity (Wildman–Crippen MR) is 71.6 cm³/mol. The van der Waals surface area contributed by atoms with Crippen LogP contribution in [-0.2, 0) is 9.53 Å².